The maximum absolute atomic E-state index is 12.9. The normalized spacial score (nSPS) is 16.7. The van der Waals surface area contributed by atoms with Crippen molar-refractivity contribution in [2.24, 2.45) is 0 Å². The summed E-state index contributed by atoms with van der Waals surface area (Å²) in [4.78, 5) is 17.1. The van der Waals surface area contributed by atoms with Gasteiger partial charge in [-0.05, 0) is 24.5 Å². The number of nitriles is 2. The number of aromatic nitrogens is 1. The van der Waals surface area contributed by atoms with Crippen LogP contribution in [0.3, 0.4) is 0 Å². The third kappa shape index (κ3) is 4.61. The number of amides is 1. The van der Waals surface area contributed by atoms with E-state index in [0.717, 1.165) is 36.8 Å². The number of hydrogen-bond acceptors (Lipinski definition) is 7. The Morgan fingerprint density at radius 1 is 1.32 bits per heavy atom. The minimum atomic E-state index is -0.616. The van der Waals surface area contributed by atoms with Gasteiger partial charge in [0.1, 0.15) is 28.2 Å². The average molecular weight is 393 g/mol. The van der Waals surface area contributed by atoms with E-state index in [9.17, 15) is 10.1 Å². The lowest BCUT2D eigenvalue weighted by atomic mass is 10.1. The molecule has 8 heteroatoms. The van der Waals surface area contributed by atoms with Crippen LogP contribution in [-0.2, 0) is 9.53 Å². The van der Waals surface area contributed by atoms with E-state index in [-0.39, 0.29) is 29.0 Å². The van der Waals surface area contributed by atoms with Gasteiger partial charge in [-0.25, -0.2) is 4.98 Å². The molecule has 142 valence electrons. The minimum Gasteiger partial charge on any atom is -0.383 e. The Kier molecular flexibility index (Phi) is 6.49. The number of nitrogens with two attached hydrogens (primary N) is 1. The molecule has 1 aliphatic heterocycles. The molecule has 7 nitrogen and oxygen atoms in total. The lowest BCUT2D eigenvalue weighted by Crippen LogP contribution is -2.34. The Morgan fingerprint density at radius 2 is 2.07 bits per heavy atom. The Bertz CT molecular complexity index is 930. The fourth-order valence-corrected chi connectivity index (χ4v) is 3.98. The van der Waals surface area contributed by atoms with E-state index in [1.54, 1.807) is 0 Å². The quantitative estimate of drug-likeness (QED) is 0.722. The van der Waals surface area contributed by atoms with Gasteiger partial charge in [-0.1, -0.05) is 42.1 Å². The van der Waals surface area contributed by atoms with Crippen LogP contribution in [0.25, 0.3) is 0 Å². The highest BCUT2D eigenvalue weighted by atomic mass is 32.2. The lowest BCUT2D eigenvalue weighted by molar-refractivity contribution is -0.121. The van der Waals surface area contributed by atoms with E-state index in [0.29, 0.717) is 11.6 Å². The van der Waals surface area contributed by atoms with Crippen molar-refractivity contribution >= 4 is 23.5 Å². The zero-order valence-electron chi connectivity index (χ0n) is 15.1. The zero-order chi connectivity index (χ0) is 19.9. The number of nitrogens with one attached hydrogen (secondary N) is 1. The van der Waals surface area contributed by atoms with Gasteiger partial charge in [0.2, 0.25) is 5.91 Å². The van der Waals surface area contributed by atoms with Gasteiger partial charge in [-0.15, -0.1) is 0 Å². The van der Waals surface area contributed by atoms with Crippen molar-refractivity contribution in [3.63, 3.8) is 0 Å². The third-order valence-corrected chi connectivity index (χ3v) is 5.61. The van der Waals surface area contributed by atoms with Crippen LogP contribution in [-0.4, -0.2) is 30.1 Å². The summed E-state index contributed by atoms with van der Waals surface area (Å²) in [6, 6.07) is 14.6. The zero-order valence-corrected chi connectivity index (χ0v) is 15.9. The maximum Gasteiger partial charge on any atom is 0.238 e. The Hall–Kier alpha value is -3.07. The fourth-order valence-electron chi connectivity index (χ4n) is 2.89. The number of carbonyl (C=O) groups is 1. The second-order valence-corrected chi connectivity index (χ2v) is 7.38. The highest BCUT2D eigenvalue weighted by molar-refractivity contribution is 8.00. The number of nitrogens with zero attached hydrogens (tertiary/aromatic N) is 3. The molecule has 0 spiro atoms. The van der Waals surface area contributed by atoms with Gasteiger partial charge in [0.05, 0.1) is 17.2 Å². The second-order valence-electron chi connectivity index (χ2n) is 6.29. The van der Waals surface area contributed by atoms with Crippen LogP contribution < -0.4 is 11.1 Å². The van der Waals surface area contributed by atoms with Gasteiger partial charge in [0.15, 0.2) is 0 Å². The summed E-state index contributed by atoms with van der Waals surface area (Å²) < 4.78 is 5.56. The molecule has 28 heavy (non-hydrogen) atoms. The van der Waals surface area contributed by atoms with Crippen LogP contribution in [0.4, 0.5) is 5.82 Å². The Balaban J connectivity index is 1.86. The first-order chi connectivity index (χ1) is 13.6. The summed E-state index contributed by atoms with van der Waals surface area (Å²) in [6.07, 6.45) is 1.95. The lowest BCUT2D eigenvalue weighted by Gasteiger charge is -2.19. The monoisotopic (exact) mass is 393 g/mol. The molecule has 1 aromatic heterocycles. The largest absolute Gasteiger partial charge is 0.383 e. The molecule has 1 aliphatic rings. The van der Waals surface area contributed by atoms with E-state index in [1.165, 1.54) is 6.07 Å². The van der Waals surface area contributed by atoms with Crippen molar-refractivity contribution in [3.05, 3.63) is 53.1 Å². The summed E-state index contributed by atoms with van der Waals surface area (Å²) in [5.41, 5.74) is 6.95. The minimum absolute atomic E-state index is 0.0312. The number of benzene rings is 1. The summed E-state index contributed by atoms with van der Waals surface area (Å²) in [7, 11) is 0. The van der Waals surface area contributed by atoms with E-state index in [1.807, 2.05) is 42.5 Å². The molecule has 0 aliphatic carbocycles. The van der Waals surface area contributed by atoms with Gasteiger partial charge < -0.3 is 15.8 Å². The number of ether oxygens (including phenoxy) is 1. The van der Waals surface area contributed by atoms with Crippen molar-refractivity contribution in [1.29, 1.82) is 10.5 Å². The number of pyridine rings is 1. The van der Waals surface area contributed by atoms with Gasteiger partial charge in [-0.3, -0.25) is 4.79 Å². The molecular formula is C20H19N5O2S. The Morgan fingerprint density at radius 3 is 2.71 bits per heavy atom. The SMILES string of the molecule is N#Cc1cc(C#N)c(SC(C(=O)NCC2CCCO2)c2ccccc2)nc1N. The predicted octanol–water partition coefficient (Wildman–Crippen LogP) is 2.54. The van der Waals surface area contributed by atoms with Crippen LogP contribution in [0, 0.1) is 22.7 Å². The van der Waals surface area contributed by atoms with Crippen LogP contribution >= 0.6 is 11.8 Å². The molecule has 1 saturated heterocycles. The smallest absolute Gasteiger partial charge is 0.238 e. The molecule has 1 fully saturated rings. The predicted molar refractivity (Wildman–Crippen MR) is 105 cm³/mol. The summed E-state index contributed by atoms with van der Waals surface area (Å²) in [5.74, 6) is -0.157. The number of anilines is 1. The first-order valence-corrected chi connectivity index (χ1v) is 9.72. The average Bonchev–Trinajstić information content (AvgIpc) is 3.24. The highest BCUT2D eigenvalue weighted by Gasteiger charge is 2.26. The standard InChI is InChI=1S/C20H19N5O2S/c21-10-14-9-15(11-22)20(25-18(14)23)28-17(13-5-2-1-3-6-13)19(26)24-12-16-7-4-8-27-16/h1-3,5-6,9,16-17H,4,7-8,12H2,(H2,23,25)(H,24,26). The van der Waals surface area contributed by atoms with Crippen LogP contribution in [0.15, 0.2) is 41.4 Å². The topological polar surface area (TPSA) is 125 Å². The number of thioether (sulfide) groups is 1. The van der Waals surface area contributed by atoms with Gasteiger partial charge in [-0.2, -0.15) is 10.5 Å². The molecule has 2 aromatic rings. The van der Waals surface area contributed by atoms with Gasteiger partial charge in [0.25, 0.3) is 0 Å². The van der Waals surface area contributed by atoms with E-state index < -0.39 is 5.25 Å². The number of hydrogen-bond donors (Lipinski definition) is 2. The molecule has 3 rings (SSSR count). The summed E-state index contributed by atoms with van der Waals surface area (Å²) >= 11 is 1.14. The highest BCUT2D eigenvalue weighted by Crippen LogP contribution is 2.37. The summed E-state index contributed by atoms with van der Waals surface area (Å²) in [6.45, 7) is 1.16. The van der Waals surface area contributed by atoms with Gasteiger partial charge in [0, 0.05) is 13.2 Å². The molecule has 1 amide bonds. The molecule has 2 unspecified atom stereocenters. The van der Waals surface area contributed by atoms with Crippen molar-refractivity contribution in [2.75, 3.05) is 18.9 Å². The number of nitrogen functional groups attached to an aromatic ring is 1. The first-order valence-electron chi connectivity index (χ1n) is 8.84. The Labute approximate surface area is 167 Å². The number of rotatable bonds is 6. The molecule has 1 aromatic carbocycles. The van der Waals surface area contributed by atoms with E-state index in [4.69, 9.17) is 15.7 Å². The third-order valence-electron chi connectivity index (χ3n) is 4.36. The second kappa shape index (κ2) is 9.23. The molecular weight excluding hydrogens is 374 g/mol. The van der Waals surface area contributed by atoms with E-state index in [2.05, 4.69) is 10.3 Å². The molecule has 2 heterocycles. The van der Waals surface area contributed by atoms with Crippen LogP contribution in [0.1, 0.15) is 34.8 Å². The molecule has 0 radical (unpaired) electrons. The summed E-state index contributed by atoms with van der Waals surface area (Å²) in [5, 5.41) is 21.2. The van der Waals surface area contributed by atoms with Crippen molar-refractivity contribution in [1.82, 2.24) is 10.3 Å². The molecule has 0 bridgehead atoms. The van der Waals surface area contributed by atoms with Crippen molar-refractivity contribution < 1.29 is 9.53 Å². The molecule has 2 atom stereocenters. The molecule has 3 N–H and O–H groups in total. The first kappa shape index (κ1) is 19.7. The van der Waals surface area contributed by atoms with Crippen molar-refractivity contribution in [3.8, 4) is 12.1 Å². The van der Waals surface area contributed by atoms with E-state index >= 15 is 0 Å². The van der Waals surface area contributed by atoms with Gasteiger partial charge >= 0.3 is 0 Å². The maximum atomic E-state index is 12.9. The van der Waals surface area contributed by atoms with Crippen LogP contribution in [0.2, 0.25) is 0 Å². The molecule has 0 saturated carbocycles. The fraction of sp³-hybridized carbons (Fsp3) is 0.300. The number of carbonyl (C=O) groups excluding carboxylic acids is 1. The van der Waals surface area contributed by atoms with Crippen molar-refractivity contribution in [2.45, 2.75) is 29.2 Å². The van der Waals surface area contributed by atoms with Crippen LogP contribution in [0.5, 0.6) is 0 Å².